The summed E-state index contributed by atoms with van der Waals surface area (Å²) >= 11 is 5.98. The van der Waals surface area contributed by atoms with Gasteiger partial charge in [-0.2, -0.15) is 0 Å². The zero-order chi connectivity index (χ0) is 22.9. The van der Waals surface area contributed by atoms with Crippen LogP contribution in [0, 0.1) is 23.7 Å². The average Bonchev–Trinajstić information content (AvgIpc) is 3.80. The second-order valence-electron chi connectivity index (χ2n) is 9.63. The van der Waals surface area contributed by atoms with E-state index in [1.54, 1.807) is 0 Å². The molecule has 0 amide bonds. The molecule has 0 saturated heterocycles. The van der Waals surface area contributed by atoms with Gasteiger partial charge in [0, 0.05) is 58.6 Å². The molecule has 170 valence electrons. The van der Waals surface area contributed by atoms with Gasteiger partial charge in [-0.1, -0.05) is 35.7 Å². The summed E-state index contributed by atoms with van der Waals surface area (Å²) in [5.41, 5.74) is 5.20. The Balaban J connectivity index is 1.11. The van der Waals surface area contributed by atoms with Crippen molar-refractivity contribution in [2.24, 2.45) is 11.8 Å². The fourth-order valence-electron chi connectivity index (χ4n) is 4.87. The van der Waals surface area contributed by atoms with Gasteiger partial charge in [0.1, 0.15) is 5.69 Å². The molecule has 4 aromatic rings. The number of nitrogens with one attached hydrogen (secondary N) is 1. The molecule has 34 heavy (non-hydrogen) atoms. The van der Waals surface area contributed by atoms with Crippen molar-refractivity contribution in [1.29, 1.82) is 0 Å². The topological polar surface area (TPSA) is 29.9 Å². The van der Waals surface area contributed by atoms with E-state index >= 15 is 0 Å². The van der Waals surface area contributed by atoms with Crippen molar-refractivity contribution in [3.63, 3.8) is 0 Å². The normalized spacial score (nSPS) is 15.5. The first kappa shape index (κ1) is 21.5. The number of pyridine rings is 1. The Hall–Kier alpha value is -3.06. The van der Waals surface area contributed by atoms with Gasteiger partial charge in [0.2, 0.25) is 0 Å². The van der Waals surface area contributed by atoms with Gasteiger partial charge in [-0.25, -0.2) is 4.98 Å². The lowest BCUT2D eigenvalue weighted by Crippen LogP contribution is -2.35. The minimum Gasteiger partial charge on any atom is -0.346 e. The number of aromatic nitrogens is 2. The molecule has 2 aromatic carbocycles. The van der Waals surface area contributed by atoms with Gasteiger partial charge in [-0.05, 0) is 91.5 Å². The summed E-state index contributed by atoms with van der Waals surface area (Å²) in [5.74, 6) is 8.36. The number of hydrogen-bond acceptors (Lipinski definition) is 2. The Bertz CT molecular complexity index is 1340. The number of benzene rings is 2. The molecule has 2 aliphatic rings. The van der Waals surface area contributed by atoms with Gasteiger partial charge in [-0.3, -0.25) is 0 Å². The Morgan fingerprint density at radius 1 is 0.912 bits per heavy atom. The lowest BCUT2D eigenvalue weighted by Gasteiger charge is -2.18. The van der Waals surface area contributed by atoms with E-state index in [0.717, 1.165) is 58.4 Å². The molecule has 0 aliphatic heterocycles. The van der Waals surface area contributed by atoms with Gasteiger partial charge in [0.05, 0.1) is 0 Å². The monoisotopic (exact) mass is 465 g/mol. The largest absolute Gasteiger partial charge is 0.346 e. The van der Waals surface area contributed by atoms with Crippen LogP contribution in [0.25, 0.3) is 22.0 Å². The molecule has 2 aliphatic carbocycles. The molecule has 0 atom stereocenters. The highest BCUT2D eigenvalue weighted by molar-refractivity contribution is 6.30. The summed E-state index contributed by atoms with van der Waals surface area (Å²) < 4.78 is 2.35. The summed E-state index contributed by atoms with van der Waals surface area (Å²) in [6.45, 7) is 2.05. The van der Waals surface area contributed by atoms with Crippen LogP contribution in [0.15, 0.2) is 73.1 Å². The molecule has 0 unspecified atom stereocenters. The molecule has 1 N–H and O–H groups in total. The predicted molar refractivity (Wildman–Crippen MR) is 140 cm³/mol. The third-order valence-corrected chi connectivity index (χ3v) is 7.29. The van der Waals surface area contributed by atoms with Gasteiger partial charge in [-0.15, -0.1) is 0 Å². The van der Waals surface area contributed by atoms with Crippen molar-refractivity contribution in [3.05, 3.63) is 89.3 Å². The molecule has 0 bridgehead atoms. The SMILES string of the molecule is Clc1ccc(-c2ccc(C#Cc3ccc4c(ccn4CCNC(C4CC4)C4CC4)c3)nc2)cc1. The van der Waals surface area contributed by atoms with Crippen LogP contribution < -0.4 is 5.32 Å². The third kappa shape index (κ3) is 4.89. The molecule has 2 fully saturated rings. The molecular formula is C30H28ClN3. The van der Waals surface area contributed by atoms with Crippen molar-refractivity contribution >= 4 is 22.5 Å². The molecule has 4 heteroatoms. The maximum Gasteiger partial charge on any atom is 0.113 e. The molecule has 2 heterocycles. The highest BCUT2D eigenvalue weighted by Gasteiger charge is 2.40. The molecule has 6 rings (SSSR count). The lowest BCUT2D eigenvalue weighted by atomic mass is 10.1. The number of nitrogens with zero attached hydrogens (tertiary/aromatic N) is 2. The van der Waals surface area contributed by atoms with Crippen LogP contribution in [0.1, 0.15) is 36.9 Å². The Labute approximate surface area is 206 Å². The fourth-order valence-corrected chi connectivity index (χ4v) is 5.00. The van der Waals surface area contributed by atoms with Crippen LogP contribution in [0.3, 0.4) is 0 Å². The first-order valence-corrected chi connectivity index (χ1v) is 12.7. The number of halogens is 1. The minimum atomic E-state index is 0.735. The van der Waals surface area contributed by atoms with Gasteiger partial charge in [0.15, 0.2) is 0 Å². The minimum absolute atomic E-state index is 0.735. The quantitative estimate of drug-likeness (QED) is 0.314. The van der Waals surface area contributed by atoms with E-state index in [1.165, 1.54) is 36.6 Å². The smallest absolute Gasteiger partial charge is 0.113 e. The van der Waals surface area contributed by atoms with E-state index in [9.17, 15) is 0 Å². The standard InChI is InChI=1S/C30H28ClN3/c31-27-10-7-22(8-11-27)26-9-13-28(33-20-26)12-1-21-2-14-29-25(19-21)15-17-34(29)18-16-32-30(23-3-4-23)24-5-6-24/h2,7-11,13-15,17,19-20,23-24,30,32H,3-6,16,18H2. The molecule has 2 saturated carbocycles. The van der Waals surface area contributed by atoms with Crippen molar-refractivity contribution in [3.8, 4) is 23.0 Å². The fraction of sp³-hybridized carbons (Fsp3) is 0.300. The van der Waals surface area contributed by atoms with E-state index in [0.29, 0.717) is 0 Å². The maximum atomic E-state index is 5.98. The van der Waals surface area contributed by atoms with Crippen LogP contribution >= 0.6 is 11.6 Å². The maximum absolute atomic E-state index is 5.98. The Kier molecular flexibility index (Phi) is 5.87. The Morgan fingerprint density at radius 3 is 2.38 bits per heavy atom. The van der Waals surface area contributed by atoms with Crippen LogP contribution in [0.4, 0.5) is 0 Å². The van der Waals surface area contributed by atoms with Gasteiger partial charge < -0.3 is 9.88 Å². The molecule has 0 radical (unpaired) electrons. The first-order chi connectivity index (χ1) is 16.7. The number of fused-ring (bicyclic) bond motifs is 1. The second-order valence-corrected chi connectivity index (χ2v) is 10.1. The van der Waals surface area contributed by atoms with E-state index in [-0.39, 0.29) is 0 Å². The highest BCUT2D eigenvalue weighted by Crippen LogP contribution is 2.44. The van der Waals surface area contributed by atoms with Crippen molar-refractivity contribution < 1.29 is 0 Å². The summed E-state index contributed by atoms with van der Waals surface area (Å²) in [4.78, 5) is 4.52. The average molecular weight is 466 g/mol. The van der Waals surface area contributed by atoms with Crippen molar-refractivity contribution in [2.75, 3.05) is 6.54 Å². The predicted octanol–water partition coefficient (Wildman–Crippen LogP) is 6.53. The van der Waals surface area contributed by atoms with Crippen LogP contribution in [-0.2, 0) is 6.54 Å². The van der Waals surface area contributed by atoms with E-state index < -0.39 is 0 Å². The van der Waals surface area contributed by atoms with Crippen LogP contribution in [0.5, 0.6) is 0 Å². The summed E-state index contributed by atoms with van der Waals surface area (Å²) in [6.07, 6.45) is 9.75. The van der Waals surface area contributed by atoms with Gasteiger partial charge in [0.25, 0.3) is 0 Å². The highest BCUT2D eigenvalue weighted by atomic mass is 35.5. The first-order valence-electron chi connectivity index (χ1n) is 12.3. The molecule has 2 aromatic heterocycles. The lowest BCUT2D eigenvalue weighted by molar-refractivity contribution is 0.408. The summed E-state index contributed by atoms with van der Waals surface area (Å²) in [7, 11) is 0. The van der Waals surface area contributed by atoms with E-state index in [4.69, 9.17) is 11.6 Å². The Morgan fingerprint density at radius 2 is 1.68 bits per heavy atom. The third-order valence-electron chi connectivity index (χ3n) is 7.04. The molecule has 0 spiro atoms. The number of rotatable bonds is 7. The summed E-state index contributed by atoms with van der Waals surface area (Å²) in [5, 5.41) is 5.83. The van der Waals surface area contributed by atoms with Crippen LogP contribution in [0.2, 0.25) is 5.02 Å². The van der Waals surface area contributed by atoms with Crippen molar-refractivity contribution in [2.45, 2.75) is 38.3 Å². The summed E-state index contributed by atoms with van der Waals surface area (Å²) in [6, 6.07) is 21.2. The zero-order valence-corrected chi connectivity index (χ0v) is 19.9. The number of hydrogen-bond donors (Lipinski definition) is 1. The van der Waals surface area contributed by atoms with E-state index in [2.05, 4.69) is 63.2 Å². The van der Waals surface area contributed by atoms with Gasteiger partial charge >= 0.3 is 0 Å². The van der Waals surface area contributed by atoms with Crippen molar-refractivity contribution in [1.82, 2.24) is 14.9 Å². The second kappa shape index (κ2) is 9.29. The van der Waals surface area contributed by atoms with Crippen LogP contribution in [-0.4, -0.2) is 22.1 Å². The molecule has 3 nitrogen and oxygen atoms in total. The molecular weight excluding hydrogens is 438 g/mol. The van der Waals surface area contributed by atoms with E-state index in [1.807, 2.05) is 36.5 Å². The zero-order valence-electron chi connectivity index (χ0n) is 19.2.